The third-order valence-corrected chi connectivity index (χ3v) is 2.69. The number of rotatable bonds is 3. The molecule has 92 valence electrons. The van der Waals surface area contributed by atoms with E-state index in [1.165, 1.54) is 0 Å². The van der Waals surface area contributed by atoms with Gasteiger partial charge in [-0.2, -0.15) is 5.26 Å². The van der Waals surface area contributed by atoms with Crippen LogP contribution in [0.3, 0.4) is 0 Å². The summed E-state index contributed by atoms with van der Waals surface area (Å²) >= 11 is 0. The molecule has 0 saturated carbocycles. The van der Waals surface area contributed by atoms with Crippen LogP contribution >= 0.6 is 0 Å². The standard InChI is InChI=1S/C12H14N6/c1-8(12-17-15-7-18(12)2)16-10-4-3-9(6-13)11(14)5-10/h3-5,7-8,16H,14H2,1-2H3. The molecule has 0 fully saturated rings. The number of anilines is 2. The summed E-state index contributed by atoms with van der Waals surface area (Å²) in [7, 11) is 1.89. The first kappa shape index (κ1) is 11.9. The highest BCUT2D eigenvalue weighted by Gasteiger charge is 2.11. The number of hydrogen-bond acceptors (Lipinski definition) is 5. The zero-order valence-corrected chi connectivity index (χ0v) is 10.3. The number of benzene rings is 1. The molecule has 0 saturated heterocycles. The predicted molar refractivity (Wildman–Crippen MR) is 68.6 cm³/mol. The van der Waals surface area contributed by atoms with E-state index in [1.54, 1.807) is 18.5 Å². The van der Waals surface area contributed by atoms with E-state index < -0.39 is 0 Å². The number of nitrogens with two attached hydrogens (primary N) is 1. The summed E-state index contributed by atoms with van der Waals surface area (Å²) in [4.78, 5) is 0. The van der Waals surface area contributed by atoms with Crippen molar-refractivity contribution < 1.29 is 0 Å². The van der Waals surface area contributed by atoms with Crippen LogP contribution in [-0.4, -0.2) is 14.8 Å². The van der Waals surface area contributed by atoms with Gasteiger partial charge in [0.2, 0.25) is 0 Å². The number of aromatic nitrogens is 3. The van der Waals surface area contributed by atoms with Crippen LogP contribution in [0.4, 0.5) is 11.4 Å². The maximum absolute atomic E-state index is 8.81. The SMILES string of the molecule is CC(Nc1ccc(C#N)c(N)c1)c1nncn1C. The Bertz CT molecular complexity index is 595. The van der Waals surface area contributed by atoms with E-state index in [-0.39, 0.29) is 6.04 Å². The fourth-order valence-corrected chi connectivity index (χ4v) is 1.75. The number of nitriles is 1. The topological polar surface area (TPSA) is 92.6 Å². The number of aryl methyl sites for hydroxylation is 1. The molecule has 2 rings (SSSR count). The van der Waals surface area contributed by atoms with Crippen LogP contribution < -0.4 is 11.1 Å². The number of hydrogen-bond donors (Lipinski definition) is 2. The number of nitrogen functional groups attached to an aromatic ring is 1. The van der Waals surface area contributed by atoms with E-state index in [0.29, 0.717) is 11.3 Å². The number of nitrogens with zero attached hydrogens (tertiary/aromatic N) is 4. The van der Waals surface area contributed by atoms with E-state index in [2.05, 4.69) is 15.5 Å². The van der Waals surface area contributed by atoms with Crippen LogP contribution in [0.2, 0.25) is 0 Å². The molecular weight excluding hydrogens is 228 g/mol. The molecule has 3 N–H and O–H groups in total. The van der Waals surface area contributed by atoms with Gasteiger partial charge in [-0.05, 0) is 25.1 Å². The van der Waals surface area contributed by atoms with Crippen LogP contribution in [0.5, 0.6) is 0 Å². The largest absolute Gasteiger partial charge is 0.398 e. The maximum Gasteiger partial charge on any atom is 0.154 e. The molecule has 6 heteroatoms. The molecule has 1 unspecified atom stereocenters. The minimum absolute atomic E-state index is 0.00448. The van der Waals surface area contributed by atoms with Gasteiger partial charge in [0.15, 0.2) is 5.82 Å². The quantitative estimate of drug-likeness (QED) is 0.794. The van der Waals surface area contributed by atoms with Crippen molar-refractivity contribution >= 4 is 11.4 Å². The second-order valence-electron chi connectivity index (χ2n) is 4.08. The summed E-state index contributed by atoms with van der Waals surface area (Å²) in [5, 5.41) is 19.9. The van der Waals surface area contributed by atoms with Gasteiger partial charge in [0.1, 0.15) is 12.4 Å². The zero-order valence-electron chi connectivity index (χ0n) is 10.3. The summed E-state index contributed by atoms with van der Waals surface area (Å²) in [6.45, 7) is 1.98. The molecule has 0 bridgehead atoms. The average molecular weight is 242 g/mol. The van der Waals surface area contributed by atoms with Gasteiger partial charge in [0.25, 0.3) is 0 Å². The minimum atomic E-state index is 0.00448. The molecule has 1 aromatic carbocycles. The Kier molecular flexibility index (Phi) is 3.15. The van der Waals surface area contributed by atoms with Gasteiger partial charge >= 0.3 is 0 Å². The monoisotopic (exact) mass is 242 g/mol. The highest BCUT2D eigenvalue weighted by atomic mass is 15.3. The Balaban J connectivity index is 2.18. The lowest BCUT2D eigenvalue weighted by atomic mass is 10.1. The van der Waals surface area contributed by atoms with E-state index >= 15 is 0 Å². The Hall–Kier alpha value is -2.55. The normalized spacial score (nSPS) is 11.8. The third-order valence-electron chi connectivity index (χ3n) is 2.69. The summed E-state index contributed by atoms with van der Waals surface area (Å²) < 4.78 is 1.85. The Morgan fingerprint density at radius 2 is 2.28 bits per heavy atom. The van der Waals surface area contributed by atoms with Crippen molar-refractivity contribution in [3.63, 3.8) is 0 Å². The Labute approximate surface area is 105 Å². The molecule has 1 heterocycles. The number of nitrogens with one attached hydrogen (secondary N) is 1. The zero-order chi connectivity index (χ0) is 13.1. The summed E-state index contributed by atoms with van der Waals surface area (Å²) in [5.74, 6) is 0.831. The molecule has 1 aromatic heterocycles. The first-order valence-electron chi connectivity index (χ1n) is 5.52. The van der Waals surface area contributed by atoms with Gasteiger partial charge in [0, 0.05) is 12.7 Å². The van der Waals surface area contributed by atoms with Crippen molar-refractivity contribution in [2.24, 2.45) is 7.05 Å². The van der Waals surface area contributed by atoms with Crippen LogP contribution in [0.15, 0.2) is 24.5 Å². The lowest BCUT2D eigenvalue weighted by Crippen LogP contribution is -2.12. The van der Waals surface area contributed by atoms with Crippen molar-refractivity contribution in [3.8, 4) is 6.07 Å². The molecule has 1 atom stereocenters. The second-order valence-corrected chi connectivity index (χ2v) is 4.08. The van der Waals surface area contributed by atoms with E-state index in [9.17, 15) is 0 Å². The van der Waals surface area contributed by atoms with Crippen molar-refractivity contribution in [1.82, 2.24) is 14.8 Å². The van der Waals surface area contributed by atoms with E-state index in [1.807, 2.05) is 30.7 Å². The van der Waals surface area contributed by atoms with Crippen LogP contribution in [-0.2, 0) is 7.05 Å². The lowest BCUT2D eigenvalue weighted by Gasteiger charge is -2.14. The predicted octanol–water partition coefficient (Wildman–Crippen LogP) is 1.44. The fraction of sp³-hybridized carbons (Fsp3) is 0.250. The Morgan fingerprint density at radius 1 is 1.50 bits per heavy atom. The highest BCUT2D eigenvalue weighted by Crippen LogP contribution is 2.21. The van der Waals surface area contributed by atoms with Crippen molar-refractivity contribution in [2.75, 3.05) is 11.1 Å². The maximum atomic E-state index is 8.81. The van der Waals surface area contributed by atoms with Gasteiger partial charge in [0.05, 0.1) is 17.3 Å². The average Bonchev–Trinajstić information content (AvgIpc) is 2.76. The van der Waals surface area contributed by atoms with E-state index in [0.717, 1.165) is 11.5 Å². The van der Waals surface area contributed by atoms with Gasteiger partial charge in [-0.25, -0.2) is 0 Å². The van der Waals surface area contributed by atoms with Gasteiger partial charge in [-0.1, -0.05) is 0 Å². The first-order valence-corrected chi connectivity index (χ1v) is 5.52. The van der Waals surface area contributed by atoms with Crippen molar-refractivity contribution in [2.45, 2.75) is 13.0 Å². The van der Waals surface area contributed by atoms with Crippen molar-refractivity contribution in [3.05, 3.63) is 35.9 Å². The highest BCUT2D eigenvalue weighted by molar-refractivity contribution is 5.62. The molecule has 0 amide bonds. The first-order chi connectivity index (χ1) is 8.61. The molecule has 2 aromatic rings. The molecule has 0 aliphatic carbocycles. The van der Waals surface area contributed by atoms with Crippen LogP contribution in [0.25, 0.3) is 0 Å². The van der Waals surface area contributed by atoms with Gasteiger partial charge in [-0.3, -0.25) is 0 Å². The minimum Gasteiger partial charge on any atom is -0.398 e. The molecule has 6 nitrogen and oxygen atoms in total. The summed E-state index contributed by atoms with van der Waals surface area (Å²) in [5.41, 5.74) is 7.55. The Morgan fingerprint density at radius 3 is 2.83 bits per heavy atom. The summed E-state index contributed by atoms with van der Waals surface area (Å²) in [6, 6.07) is 7.30. The third kappa shape index (κ3) is 2.25. The molecule has 0 spiro atoms. The molecular formula is C12H14N6. The smallest absolute Gasteiger partial charge is 0.154 e. The lowest BCUT2D eigenvalue weighted by molar-refractivity contribution is 0.719. The fourth-order valence-electron chi connectivity index (χ4n) is 1.75. The molecule has 0 aliphatic rings. The second kappa shape index (κ2) is 4.75. The summed E-state index contributed by atoms with van der Waals surface area (Å²) in [6.07, 6.45) is 1.65. The van der Waals surface area contributed by atoms with Gasteiger partial charge in [-0.15, -0.1) is 10.2 Å². The molecule has 18 heavy (non-hydrogen) atoms. The van der Waals surface area contributed by atoms with E-state index in [4.69, 9.17) is 11.0 Å². The molecule has 0 radical (unpaired) electrons. The van der Waals surface area contributed by atoms with Crippen molar-refractivity contribution in [1.29, 1.82) is 5.26 Å². The van der Waals surface area contributed by atoms with Crippen LogP contribution in [0, 0.1) is 11.3 Å². The molecule has 0 aliphatic heterocycles. The van der Waals surface area contributed by atoms with Crippen LogP contribution in [0.1, 0.15) is 24.4 Å². The van der Waals surface area contributed by atoms with Gasteiger partial charge < -0.3 is 15.6 Å².